The molecule has 0 N–H and O–H groups in total. The fraction of sp³-hybridized carbons (Fsp3) is 0.268. The molecule has 1 aliphatic carbocycles. The molecule has 0 radical (unpaired) electrons. The minimum atomic E-state index is 0. The maximum absolute atomic E-state index is 2.48. The van der Waals surface area contributed by atoms with E-state index in [-0.39, 0.29) is 24.8 Å². The van der Waals surface area contributed by atoms with Gasteiger partial charge in [0.05, 0.1) is 0 Å². The summed E-state index contributed by atoms with van der Waals surface area (Å²) < 4.78 is 1.42. The molecule has 0 saturated carbocycles. The van der Waals surface area contributed by atoms with E-state index in [1.165, 1.54) is 76.8 Å². The molecule has 0 saturated heterocycles. The van der Waals surface area contributed by atoms with Crippen molar-refractivity contribution >= 4 is 30.3 Å². The van der Waals surface area contributed by atoms with Crippen molar-refractivity contribution in [1.29, 1.82) is 0 Å². The molecule has 44 heavy (non-hydrogen) atoms. The van der Waals surface area contributed by atoms with Crippen LogP contribution in [0, 0.1) is 0 Å². The van der Waals surface area contributed by atoms with E-state index in [1.54, 1.807) is 16.7 Å². The maximum atomic E-state index is 2.48. The third kappa shape index (κ3) is 7.33. The summed E-state index contributed by atoms with van der Waals surface area (Å²) in [5.41, 5.74) is 11.9. The summed E-state index contributed by atoms with van der Waals surface area (Å²) in [6, 6.07) is 30.7. The fourth-order valence-corrected chi connectivity index (χ4v) is 7.46. The van der Waals surface area contributed by atoms with Gasteiger partial charge in [-0.15, -0.1) is 33.7 Å². The second-order valence-corrected chi connectivity index (χ2v) is 13.2. The molecule has 6 rings (SSSR count). The third-order valence-corrected chi connectivity index (χ3v) is 9.96. The minimum absolute atomic E-state index is 0. The fourth-order valence-electron chi connectivity index (χ4n) is 6.64. The van der Waals surface area contributed by atoms with Crippen LogP contribution in [0.1, 0.15) is 98.7 Å². The zero-order valence-corrected chi connectivity index (χ0v) is 30.8. The van der Waals surface area contributed by atoms with E-state index in [2.05, 4.69) is 145 Å². The number of rotatable bonds is 7. The molecule has 0 nitrogen and oxygen atoms in total. The van der Waals surface area contributed by atoms with Gasteiger partial charge in [0.1, 0.15) is 0 Å². The van der Waals surface area contributed by atoms with Crippen molar-refractivity contribution in [3.05, 3.63) is 142 Å². The van der Waals surface area contributed by atoms with Crippen LogP contribution in [0.5, 0.6) is 0 Å². The van der Waals surface area contributed by atoms with Crippen LogP contribution in [-0.4, -0.2) is 3.21 Å². The van der Waals surface area contributed by atoms with E-state index in [0.717, 1.165) is 19.3 Å². The van der Waals surface area contributed by atoms with Crippen LogP contribution in [0.3, 0.4) is 0 Å². The van der Waals surface area contributed by atoms with Crippen LogP contribution in [-0.2, 0) is 37.1 Å². The molecule has 0 aromatic heterocycles. The Morgan fingerprint density at radius 3 is 1.84 bits per heavy atom. The molecule has 5 aromatic rings. The topological polar surface area (TPSA) is 0 Å². The van der Waals surface area contributed by atoms with Crippen molar-refractivity contribution in [3.63, 3.8) is 0 Å². The van der Waals surface area contributed by atoms with E-state index in [0.29, 0.717) is 11.8 Å². The zero-order chi connectivity index (χ0) is 29.8. The summed E-state index contributed by atoms with van der Waals surface area (Å²) in [7, 11) is 0. The summed E-state index contributed by atoms with van der Waals surface area (Å²) in [4.78, 5) is 0. The Kier molecular flexibility index (Phi) is 13.3. The Balaban J connectivity index is 0.000000280. The Morgan fingerprint density at radius 2 is 1.36 bits per heavy atom. The number of aryl methyl sites for hydroxylation is 1. The second kappa shape index (κ2) is 16.2. The van der Waals surface area contributed by atoms with E-state index in [1.807, 2.05) is 0 Å². The van der Waals surface area contributed by atoms with Crippen molar-refractivity contribution in [3.8, 4) is 0 Å². The predicted octanol–water partition coefficient (Wildman–Crippen LogP) is 5.24. The van der Waals surface area contributed by atoms with Crippen LogP contribution in [0.15, 0.2) is 103 Å². The van der Waals surface area contributed by atoms with Crippen LogP contribution in [0.25, 0.3) is 27.1 Å². The van der Waals surface area contributed by atoms with E-state index in [4.69, 9.17) is 0 Å². The van der Waals surface area contributed by atoms with E-state index in [9.17, 15) is 0 Å². The summed E-state index contributed by atoms with van der Waals surface area (Å²) in [5, 5.41) is 5.83. The Bertz CT molecular complexity index is 1730. The van der Waals surface area contributed by atoms with Crippen molar-refractivity contribution in [1.82, 2.24) is 0 Å². The van der Waals surface area contributed by atoms with Crippen molar-refractivity contribution in [2.45, 2.75) is 72.6 Å². The molecule has 1 aliphatic rings. The molecular formula is C41H43Cl2Zr-. The number of benzene rings is 4. The Hall–Kier alpha value is -2.44. The Morgan fingerprint density at radius 1 is 0.773 bits per heavy atom. The van der Waals surface area contributed by atoms with Gasteiger partial charge in [-0.05, 0) is 31.1 Å². The molecule has 0 spiro atoms. The number of halogens is 2. The van der Waals surface area contributed by atoms with Gasteiger partial charge in [0.15, 0.2) is 0 Å². The van der Waals surface area contributed by atoms with Crippen molar-refractivity contribution in [2.75, 3.05) is 0 Å². The van der Waals surface area contributed by atoms with Crippen LogP contribution >= 0.6 is 0 Å². The first kappa shape index (κ1) is 36.0. The van der Waals surface area contributed by atoms with Gasteiger partial charge in [-0.2, -0.15) is 0 Å². The number of hydrogen-bond acceptors (Lipinski definition) is 0. The number of fused-ring (bicyclic) bond motifs is 3. The van der Waals surface area contributed by atoms with E-state index < -0.39 is 0 Å². The summed E-state index contributed by atoms with van der Waals surface area (Å²) in [6.45, 7) is 14.1. The van der Waals surface area contributed by atoms with Gasteiger partial charge in [-0.25, -0.2) is 0 Å². The summed E-state index contributed by atoms with van der Waals surface area (Å²) >= 11 is 1.46. The average Bonchev–Trinajstić information content (AvgIpc) is 3.68. The molecule has 0 amide bonds. The zero-order valence-electron chi connectivity index (χ0n) is 26.8. The van der Waals surface area contributed by atoms with Gasteiger partial charge in [-0.1, -0.05) is 105 Å². The molecular weight excluding hydrogens is 655 g/mol. The molecule has 0 aliphatic heterocycles. The normalized spacial score (nSPS) is 12.2. The van der Waals surface area contributed by atoms with E-state index >= 15 is 0 Å². The predicted molar refractivity (Wildman–Crippen MR) is 182 cm³/mol. The van der Waals surface area contributed by atoms with Crippen LogP contribution in [0.2, 0.25) is 0 Å². The molecule has 5 aromatic carbocycles. The molecule has 0 heterocycles. The quantitative estimate of drug-likeness (QED) is 0.205. The van der Waals surface area contributed by atoms with Gasteiger partial charge >= 0.3 is 99.2 Å². The molecule has 0 unspecified atom stereocenters. The molecule has 226 valence electrons. The third-order valence-electron chi connectivity index (χ3n) is 8.54. The SMILES string of the molecule is CCc1ccc2c(c1)[cH-]c1c(C3=CC=CC3)c(CC)c(C(C)C)c(C(C)C)c12.[Cl-].[Cl-].[Zr+2]=[C](c1ccccc1)c1ccccc1. The molecule has 0 atom stereocenters. The van der Waals surface area contributed by atoms with Gasteiger partial charge in [-0.3, -0.25) is 0 Å². The monoisotopic (exact) mass is 695 g/mol. The van der Waals surface area contributed by atoms with Crippen LogP contribution in [0.4, 0.5) is 0 Å². The first-order valence-corrected chi connectivity index (χ1v) is 16.8. The van der Waals surface area contributed by atoms with Crippen molar-refractivity contribution < 1.29 is 49.0 Å². The Labute approximate surface area is 292 Å². The molecule has 0 bridgehead atoms. The number of hydrogen-bond donors (Lipinski definition) is 0. The average molecular weight is 698 g/mol. The van der Waals surface area contributed by atoms with Gasteiger partial charge < -0.3 is 24.8 Å². The first-order valence-electron chi connectivity index (χ1n) is 15.6. The summed E-state index contributed by atoms with van der Waals surface area (Å²) in [6.07, 6.45) is 10.1. The first-order chi connectivity index (χ1) is 20.3. The number of allylic oxidation sites excluding steroid dienone is 4. The van der Waals surface area contributed by atoms with Crippen molar-refractivity contribution in [2.24, 2.45) is 0 Å². The second-order valence-electron chi connectivity index (χ2n) is 12.0. The summed E-state index contributed by atoms with van der Waals surface area (Å²) in [5.74, 6) is 1.05. The van der Waals surface area contributed by atoms with Gasteiger partial charge in [0.2, 0.25) is 0 Å². The molecule has 3 heteroatoms. The standard InChI is InChI=1S/C28H33.C13H10.2ClH.Zr/c1-7-19-13-14-23-21(15-19)16-24-27(20-11-9-10-12-20)22(8-2)25(17(3)4)26(18(5)6)28(23)24;1-3-7-12(8-4-1)11-13-9-5-2-6-10-13;;;/h9-11,13-18H,7-8,12H2,1-6H3;1-10H;2*1H;/q-1;;;;+2/p-2. The van der Waals surface area contributed by atoms with Gasteiger partial charge in [0, 0.05) is 0 Å². The van der Waals surface area contributed by atoms with Gasteiger partial charge in [0.25, 0.3) is 0 Å². The van der Waals surface area contributed by atoms with Crippen LogP contribution < -0.4 is 24.8 Å². The molecule has 0 fully saturated rings.